The monoisotopic (exact) mass is 593 g/mol. The Labute approximate surface area is 233 Å². The van der Waals surface area contributed by atoms with Crippen molar-refractivity contribution in [1.82, 2.24) is 26.1 Å². The van der Waals surface area contributed by atoms with Gasteiger partial charge in [0, 0.05) is 15.7 Å². The number of nitrogen functional groups attached to an aromatic ring is 1. The number of carboxylic acids is 1. The van der Waals surface area contributed by atoms with E-state index in [2.05, 4.69) is 26.3 Å². The van der Waals surface area contributed by atoms with E-state index < -0.39 is 75.6 Å². The standard InChI is InChI=1S/C22H23N7O9S2/c1-22(2)15(20(36)37)29-18(35)14(19(29)40-22)25-17(34)13(9-7-39-21(23)24-9)28-38-6-12(32)26-27-16(33)8-3-4-10(30)11(31)5-8/h3-5,7,14-15,19,30-31H,6H2,1-2H3,(H2,23,24)(H,25,34)(H,26,32)(H,27,33)(H,36,37)/b28-13-/t14?,15-,19+/m0/s1. The summed E-state index contributed by atoms with van der Waals surface area (Å²) in [5.41, 5.74) is 9.34. The van der Waals surface area contributed by atoms with Crippen LogP contribution in [0.1, 0.15) is 29.9 Å². The highest BCUT2D eigenvalue weighted by atomic mass is 32.2. The number of nitrogens with two attached hydrogens (primary N) is 1. The van der Waals surface area contributed by atoms with E-state index in [0.29, 0.717) is 0 Å². The Morgan fingerprint density at radius 1 is 1.20 bits per heavy atom. The molecule has 2 aliphatic rings. The fourth-order valence-corrected chi connectivity index (χ4v) is 6.18. The Morgan fingerprint density at radius 2 is 1.93 bits per heavy atom. The quantitative estimate of drug-likeness (QED) is 0.0839. The van der Waals surface area contributed by atoms with Gasteiger partial charge in [-0.3, -0.25) is 30.0 Å². The van der Waals surface area contributed by atoms with Gasteiger partial charge in [0.05, 0.1) is 0 Å². The number of fused-ring (bicyclic) bond motifs is 1. The van der Waals surface area contributed by atoms with Crippen LogP contribution in [0.25, 0.3) is 0 Å². The minimum absolute atomic E-state index is 0.00675. The molecule has 8 N–H and O–H groups in total. The summed E-state index contributed by atoms with van der Waals surface area (Å²) in [5.74, 6) is -5.22. The van der Waals surface area contributed by atoms with Gasteiger partial charge < -0.3 is 36.1 Å². The lowest BCUT2D eigenvalue weighted by molar-refractivity contribution is -0.160. The molecule has 2 saturated heterocycles. The van der Waals surface area contributed by atoms with E-state index in [1.165, 1.54) is 28.1 Å². The van der Waals surface area contributed by atoms with Crippen molar-refractivity contribution in [1.29, 1.82) is 0 Å². The van der Waals surface area contributed by atoms with Crippen molar-refractivity contribution in [2.45, 2.75) is 36.1 Å². The SMILES string of the molecule is CC1(C)S[C@@H]2C(NC(=O)/C(=N\OCC(=O)NNC(=O)c3ccc(O)c(O)c3)c3csc(N)n3)C(=O)N2[C@H]1C(=O)O. The average molecular weight is 594 g/mol. The number of carbonyl (C=O) groups is 5. The summed E-state index contributed by atoms with van der Waals surface area (Å²) in [6.45, 7) is 2.64. The third-order valence-electron chi connectivity index (χ3n) is 5.85. The minimum atomic E-state index is -1.15. The van der Waals surface area contributed by atoms with Crippen LogP contribution < -0.4 is 21.9 Å². The summed E-state index contributed by atoms with van der Waals surface area (Å²) in [4.78, 5) is 71.9. The molecule has 0 spiro atoms. The van der Waals surface area contributed by atoms with Crippen LogP contribution in [0.2, 0.25) is 0 Å². The summed E-state index contributed by atoms with van der Waals surface area (Å²) >= 11 is 2.24. The second-order valence-corrected chi connectivity index (χ2v) is 11.7. The van der Waals surface area contributed by atoms with E-state index in [-0.39, 0.29) is 16.4 Å². The van der Waals surface area contributed by atoms with Crippen molar-refractivity contribution < 1.29 is 44.1 Å². The molecule has 1 aromatic carbocycles. The molecule has 3 heterocycles. The number of phenols is 2. The number of β-lactam (4-membered cyclic amide) rings is 1. The average Bonchev–Trinajstić information content (AvgIpc) is 3.43. The molecule has 1 unspecified atom stereocenters. The number of rotatable bonds is 8. The molecular weight excluding hydrogens is 570 g/mol. The number of phenolic OH excluding ortho intramolecular Hbond substituents is 2. The Kier molecular flexibility index (Phi) is 7.74. The zero-order chi connectivity index (χ0) is 29.4. The molecule has 18 heteroatoms. The molecule has 2 fully saturated rings. The molecule has 16 nitrogen and oxygen atoms in total. The number of carbonyl (C=O) groups excluding carboxylic acids is 4. The van der Waals surface area contributed by atoms with Gasteiger partial charge in [-0.2, -0.15) is 0 Å². The highest BCUT2D eigenvalue weighted by molar-refractivity contribution is 8.01. The van der Waals surface area contributed by atoms with Gasteiger partial charge in [-0.05, 0) is 32.0 Å². The minimum Gasteiger partial charge on any atom is -0.504 e. The Balaban J connectivity index is 1.38. The molecule has 4 amide bonds. The number of oxime groups is 1. The number of hydrogen-bond acceptors (Lipinski definition) is 13. The van der Waals surface area contributed by atoms with E-state index in [4.69, 9.17) is 10.6 Å². The summed E-state index contributed by atoms with van der Waals surface area (Å²) in [6, 6.07) is 1.20. The predicted octanol–water partition coefficient (Wildman–Crippen LogP) is -1.05. The van der Waals surface area contributed by atoms with Crippen LogP contribution in [-0.4, -0.2) is 89.3 Å². The largest absolute Gasteiger partial charge is 0.504 e. The van der Waals surface area contributed by atoms with Gasteiger partial charge in [-0.25, -0.2) is 9.78 Å². The third kappa shape index (κ3) is 5.57. The van der Waals surface area contributed by atoms with Crippen molar-refractivity contribution in [3.05, 3.63) is 34.8 Å². The van der Waals surface area contributed by atoms with Crippen molar-refractivity contribution in [3.63, 3.8) is 0 Å². The highest BCUT2D eigenvalue weighted by Crippen LogP contribution is 2.50. The number of thiazole rings is 1. The third-order valence-corrected chi connectivity index (χ3v) is 8.09. The summed E-state index contributed by atoms with van der Waals surface area (Å²) in [7, 11) is 0. The number of nitrogens with one attached hydrogen (secondary N) is 3. The Hall–Kier alpha value is -4.58. The van der Waals surface area contributed by atoms with Crippen molar-refractivity contribution in [2.75, 3.05) is 12.3 Å². The first-order valence-corrected chi connectivity index (χ1v) is 13.1. The van der Waals surface area contributed by atoms with Crippen LogP contribution in [-0.2, 0) is 24.0 Å². The highest BCUT2D eigenvalue weighted by Gasteiger charge is 2.64. The number of thioether (sulfide) groups is 1. The lowest BCUT2D eigenvalue weighted by Crippen LogP contribution is -2.71. The van der Waals surface area contributed by atoms with Gasteiger partial charge in [0.1, 0.15) is 23.2 Å². The number of aliphatic carboxylic acids is 1. The predicted molar refractivity (Wildman–Crippen MR) is 140 cm³/mol. The summed E-state index contributed by atoms with van der Waals surface area (Å²) in [6.07, 6.45) is 0. The molecule has 0 saturated carbocycles. The maximum absolute atomic E-state index is 13.1. The number of hydrogen-bond donors (Lipinski definition) is 7. The van der Waals surface area contributed by atoms with Gasteiger partial charge in [-0.15, -0.1) is 23.1 Å². The van der Waals surface area contributed by atoms with Crippen molar-refractivity contribution in [3.8, 4) is 11.5 Å². The molecule has 0 radical (unpaired) electrons. The maximum Gasteiger partial charge on any atom is 0.327 e. The van der Waals surface area contributed by atoms with E-state index >= 15 is 0 Å². The number of carboxylic acid groups (broad SMARTS) is 1. The first-order chi connectivity index (χ1) is 18.8. The van der Waals surface area contributed by atoms with E-state index in [1.807, 2.05) is 0 Å². The van der Waals surface area contributed by atoms with Crippen molar-refractivity contribution in [2.24, 2.45) is 5.16 Å². The van der Waals surface area contributed by atoms with Crippen LogP contribution in [0.3, 0.4) is 0 Å². The van der Waals surface area contributed by atoms with Crippen LogP contribution in [0, 0.1) is 0 Å². The van der Waals surface area contributed by atoms with Gasteiger partial charge in [0.15, 0.2) is 28.9 Å². The molecule has 3 atom stereocenters. The zero-order valence-electron chi connectivity index (χ0n) is 20.8. The topological polar surface area (TPSA) is 246 Å². The number of hydrazine groups is 1. The molecular formula is C22H23N7O9S2. The van der Waals surface area contributed by atoms with Crippen LogP contribution in [0.4, 0.5) is 5.13 Å². The number of amides is 4. The van der Waals surface area contributed by atoms with Crippen LogP contribution in [0.15, 0.2) is 28.7 Å². The molecule has 40 heavy (non-hydrogen) atoms. The maximum atomic E-state index is 13.1. The number of aromatic nitrogens is 1. The van der Waals surface area contributed by atoms with Gasteiger partial charge in [0.2, 0.25) is 5.91 Å². The van der Waals surface area contributed by atoms with Gasteiger partial charge in [-0.1, -0.05) is 5.16 Å². The van der Waals surface area contributed by atoms with Crippen molar-refractivity contribution >= 4 is 63.5 Å². The lowest BCUT2D eigenvalue weighted by Gasteiger charge is -2.43. The van der Waals surface area contributed by atoms with Crippen LogP contribution >= 0.6 is 23.1 Å². The molecule has 0 aliphatic carbocycles. The first kappa shape index (κ1) is 28.4. The first-order valence-electron chi connectivity index (χ1n) is 11.4. The van der Waals surface area contributed by atoms with E-state index in [1.54, 1.807) is 13.8 Å². The second-order valence-electron chi connectivity index (χ2n) is 9.04. The molecule has 1 aromatic heterocycles. The smallest absolute Gasteiger partial charge is 0.327 e. The molecule has 212 valence electrons. The van der Waals surface area contributed by atoms with E-state index in [9.17, 15) is 39.3 Å². The summed E-state index contributed by atoms with van der Waals surface area (Å²) in [5, 5.41) is 35.5. The number of nitrogens with zero attached hydrogens (tertiary/aromatic N) is 3. The molecule has 4 rings (SSSR count). The molecule has 2 aliphatic heterocycles. The summed E-state index contributed by atoms with van der Waals surface area (Å²) < 4.78 is -0.791. The fourth-order valence-electron chi connectivity index (χ4n) is 4.01. The van der Waals surface area contributed by atoms with Crippen LogP contribution in [0.5, 0.6) is 11.5 Å². The van der Waals surface area contributed by atoms with E-state index in [0.717, 1.165) is 23.5 Å². The molecule has 0 bridgehead atoms. The van der Waals surface area contributed by atoms with Gasteiger partial charge in [0.25, 0.3) is 17.7 Å². The second kappa shape index (κ2) is 10.9. The lowest BCUT2D eigenvalue weighted by atomic mass is 9.96. The molecule has 2 aromatic rings. The zero-order valence-corrected chi connectivity index (χ0v) is 22.4. The Morgan fingerprint density at radius 3 is 2.55 bits per heavy atom. The Bertz CT molecular complexity index is 1430. The fraction of sp³-hybridized carbons (Fsp3) is 0.318. The normalized spacial score (nSPS) is 21.1. The number of anilines is 1. The number of aromatic hydroxyl groups is 2. The van der Waals surface area contributed by atoms with Gasteiger partial charge >= 0.3 is 5.97 Å². The number of benzene rings is 1.